The second-order valence-corrected chi connectivity index (χ2v) is 5.11. The van der Waals surface area contributed by atoms with Crippen molar-refractivity contribution in [2.75, 3.05) is 11.9 Å². The summed E-state index contributed by atoms with van der Waals surface area (Å²) in [7, 11) is 0. The number of benzene rings is 1. The molecule has 0 saturated heterocycles. The summed E-state index contributed by atoms with van der Waals surface area (Å²) in [5.41, 5.74) is 0.575. The lowest BCUT2D eigenvalue weighted by molar-refractivity contribution is 0.0526. The van der Waals surface area contributed by atoms with Gasteiger partial charge in [-0.15, -0.1) is 0 Å². The predicted molar refractivity (Wildman–Crippen MR) is 81.6 cm³/mol. The van der Waals surface area contributed by atoms with Gasteiger partial charge in [0.25, 0.3) is 5.91 Å². The van der Waals surface area contributed by atoms with Crippen molar-refractivity contribution in [2.24, 2.45) is 0 Å². The molecule has 0 radical (unpaired) electrons. The number of aryl methyl sites for hydroxylation is 1. The van der Waals surface area contributed by atoms with E-state index in [9.17, 15) is 9.59 Å². The van der Waals surface area contributed by atoms with Crippen molar-refractivity contribution in [2.45, 2.75) is 13.8 Å². The number of nitrogens with zero attached hydrogens (tertiary/aromatic N) is 1. The van der Waals surface area contributed by atoms with Crippen molar-refractivity contribution in [3.05, 3.63) is 45.1 Å². The number of hydrogen-bond donors (Lipinski definition) is 1. The zero-order chi connectivity index (χ0) is 16.3. The Morgan fingerprint density at radius 1 is 1.36 bits per heavy atom. The summed E-state index contributed by atoms with van der Waals surface area (Å²) >= 11 is 11.7. The lowest BCUT2D eigenvalue weighted by atomic mass is 10.2. The zero-order valence-corrected chi connectivity index (χ0v) is 13.3. The third kappa shape index (κ3) is 3.40. The first kappa shape index (κ1) is 16.3. The van der Waals surface area contributed by atoms with Crippen molar-refractivity contribution >= 4 is 41.0 Å². The summed E-state index contributed by atoms with van der Waals surface area (Å²) < 4.78 is 9.87. The SMILES string of the molecule is CCOC(=O)c1c(C)noc1NC(=O)c1ccc(Cl)cc1Cl. The van der Waals surface area contributed by atoms with Crippen LogP contribution in [0.15, 0.2) is 22.7 Å². The first-order chi connectivity index (χ1) is 10.4. The molecule has 0 aliphatic heterocycles. The maximum absolute atomic E-state index is 12.2. The number of ether oxygens (including phenoxy) is 1. The molecule has 0 spiro atoms. The third-order valence-electron chi connectivity index (χ3n) is 2.75. The summed E-state index contributed by atoms with van der Waals surface area (Å²) in [6.07, 6.45) is 0. The minimum atomic E-state index is -0.626. The molecule has 0 saturated carbocycles. The highest BCUT2D eigenvalue weighted by Gasteiger charge is 2.24. The van der Waals surface area contributed by atoms with E-state index in [1.807, 2.05) is 0 Å². The fraction of sp³-hybridized carbons (Fsp3) is 0.214. The van der Waals surface area contributed by atoms with E-state index in [0.29, 0.717) is 10.7 Å². The molecule has 0 aliphatic rings. The molecule has 2 aromatic rings. The molecule has 1 aromatic carbocycles. The largest absolute Gasteiger partial charge is 0.462 e. The number of esters is 1. The molecule has 116 valence electrons. The van der Waals surface area contributed by atoms with Crippen LogP contribution in [0.2, 0.25) is 10.0 Å². The molecular formula is C14H12Cl2N2O4. The van der Waals surface area contributed by atoms with E-state index < -0.39 is 11.9 Å². The number of anilines is 1. The third-order valence-corrected chi connectivity index (χ3v) is 3.29. The number of rotatable bonds is 4. The van der Waals surface area contributed by atoms with Crippen LogP contribution in [0.4, 0.5) is 5.88 Å². The maximum atomic E-state index is 12.2. The summed E-state index contributed by atoms with van der Waals surface area (Å²) in [4.78, 5) is 24.1. The van der Waals surface area contributed by atoms with Gasteiger partial charge in [-0.25, -0.2) is 4.79 Å². The summed E-state index contributed by atoms with van der Waals surface area (Å²) in [5, 5.41) is 6.70. The maximum Gasteiger partial charge on any atom is 0.345 e. The van der Waals surface area contributed by atoms with E-state index in [0.717, 1.165) is 0 Å². The van der Waals surface area contributed by atoms with Gasteiger partial charge in [-0.05, 0) is 32.0 Å². The summed E-state index contributed by atoms with van der Waals surface area (Å²) in [5.74, 6) is -1.27. The molecule has 1 N–H and O–H groups in total. The van der Waals surface area contributed by atoms with Gasteiger partial charge in [-0.1, -0.05) is 28.4 Å². The van der Waals surface area contributed by atoms with Crippen molar-refractivity contribution in [3.63, 3.8) is 0 Å². The Morgan fingerprint density at radius 2 is 2.09 bits per heavy atom. The van der Waals surface area contributed by atoms with Crippen LogP contribution < -0.4 is 5.32 Å². The average molecular weight is 343 g/mol. The molecule has 2 rings (SSSR count). The minimum Gasteiger partial charge on any atom is -0.462 e. The normalized spacial score (nSPS) is 10.4. The molecule has 0 bridgehead atoms. The highest BCUT2D eigenvalue weighted by atomic mass is 35.5. The van der Waals surface area contributed by atoms with Crippen LogP contribution in [-0.2, 0) is 4.74 Å². The van der Waals surface area contributed by atoms with E-state index in [2.05, 4.69) is 10.5 Å². The van der Waals surface area contributed by atoms with Crippen LogP contribution in [0.3, 0.4) is 0 Å². The topological polar surface area (TPSA) is 81.4 Å². The van der Waals surface area contributed by atoms with Gasteiger partial charge in [0.2, 0.25) is 5.88 Å². The van der Waals surface area contributed by atoms with E-state index in [-0.39, 0.29) is 28.6 Å². The van der Waals surface area contributed by atoms with Crippen molar-refractivity contribution in [3.8, 4) is 0 Å². The number of nitrogens with one attached hydrogen (secondary N) is 1. The predicted octanol–water partition coefficient (Wildman–Crippen LogP) is 3.72. The average Bonchev–Trinajstić information content (AvgIpc) is 2.79. The molecule has 0 atom stereocenters. The molecule has 1 heterocycles. The van der Waals surface area contributed by atoms with Gasteiger partial charge in [0, 0.05) is 5.02 Å². The van der Waals surface area contributed by atoms with Crippen LogP contribution in [0, 0.1) is 6.92 Å². The van der Waals surface area contributed by atoms with Crippen molar-refractivity contribution in [1.29, 1.82) is 0 Å². The van der Waals surface area contributed by atoms with Crippen molar-refractivity contribution < 1.29 is 18.8 Å². The highest BCUT2D eigenvalue weighted by Crippen LogP contribution is 2.24. The van der Waals surface area contributed by atoms with Crippen LogP contribution in [0.5, 0.6) is 0 Å². The number of aromatic nitrogens is 1. The molecule has 1 aromatic heterocycles. The van der Waals surface area contributed by atoms with Gasteiger partial charge < -0.3 is 9.26 Å². The Kier molecular flexibility index (Phi) is 5.05. The standard InChI is InChI=1S/C14H12Cl2N2O4/c1-3-21-14(20)11-7(2)18-22-13(11)17-12(19)9-5-4-8(15)6-10(9)16/h4-6H,3H2,1-2H3,(H,17,19). The summed E-state index contributed by atoms with van der Waals surface area (Å²) in [6, 6.07) is 4.43. The van der Waals surface area contributed by atoms with E-state index >= 15 is 0 Å². The smallest absolute Gasteiger partial charge is 0.345 e. The lowest BCUT2D eigenvalue weighted by Crippen LogP contribution is -2.15. The molecule has 0 fully saturated rings. The van der Waals surface area contributed by atoms with E-state index in [1.165, 1.54) is 18.2 Å². The van der Waals surface area contributed by atoms with Crippen LogP contribution in [-0.4, -0.2) is 23.6 Å². The number of carbonyl (C=O) groups excluding carboxylic acids is 2. The molecule has 6 nitrogen and oxygen atoms in total. The molecule has 0 aliphatic carbocycles. The Balaban J connectivity index is 2.27. The van der Waals surface area contributed by atoms with Gasteiger partial charge in [0.05, 0.1) is 22.9 Å². The second kappa shape index (κ2) is 6.81. The highest BCUT2D eigenvalue weighted by molar-refractivity contribution is 6.37. The van der Waals surface area contributed by atoms with Gasteiger partial charge >= 0.3 is 5.97 Å². The number of carbonyl (C=O) groups is 2. The Hall–Kier alpha value is -2.05. The van der Waals surface area contributed by atoms with E-state index in [4.69, 9.17) is 32.5 Å². The molecular weight excluding hydrogens is 331 g/mol. The van der Waals surface area contributed by atoms with Gasteiger partial charge in [0.15, 0.2) is 0 Å². The first-order valence-electron chi connectivity index (χ1n) is 6.33. The Bertz CT molecular complexity index is 728. The molecule has 22 heavy (non-hydrogen) atoms. The van der Waals surface area contributed by atoms with Crippen LogP contribution in [0.1, 0.15) is 33.3 Å². The minimum absolute atomic E-state index is 0.0697. The fourth-order valence-electron chi connectivity index (χ4n) is 1.74. The quantitative estimate of drug-likeness (QED) is 0.856. The van der Waals surface area contributed by atoms with Gasteiger partial charge in [0.1, 0.15) is 5.56 Å². The number of amides is 1. The number of halogens is 2. The monoisotopic (exact) mass is 342 g/mol. The van der Waals surface area contributed by atoms with Gasteiger partial charge in [-0.2, -0.15) is 0 Å². The molecule has 1 amide bonds. The van der Waals surface area contributed by atoms with E-state index in [1.54, 1.807) is 13.8 Å². The first-order valence-corrected chi connectivity index (χ1v) is 7.09. The Morgan fingerprint density at radius 3 is 2.73 bits per heavy atom. The fourth-order valence-corrected chi connectivity index (χ4v) is 2.24. The molecule has 8 heteroatoms. The van der Waals surface area contributed by atoms with Crippen LogP contribution >= 0.6 is 23.2 Å². The molecule has 0 unspecified atom stereocenters. The second-order valence-electron chi connectivity index (χ2n) is 4.27. The number of hydrogen-bond acceptors (Lipinski definition) is 5. The Labute approximate surface area is 136 Å². The zero-order valence-electron chi connectivity index (χ0n) is 11.8. The lowest BCUT2D eigenvalue weighted by Gasteiger charge is -2.06. The summed E-state index contributed by atoms with van der Waals surface area (Å²) in [6.45, 7) is 3.44. The van der Waals surface area contributed by atoms with Crippen LogP contribution in [0.25, 0.3) is 0 Å². The van der Waals surface area contributed by atoms with Gasteiger partial charge in [-0.3, -0.25) is 10.1 Å². The van der Waals surface area contributed by atoms with Crippen molar-refractivity contribution in [1.82, 2.24) is 5.16 Å².